The van der Waals surface area contributed by atoms with Crippen LogP contribution < -0.4 is 0 Å². The van der Waals surface area contributed by atoms with Gasteiger partial charge in [-0.3, -0.25) is 0 Å². The number of benzene rings is 1. The molecule has 52 heavy (non-hydrogen) atoms. The Kier molecular flexibility index (Phi) is 7.62. The third-order valence-electron chi connectivity index (χ3n) is 14.0. The van der Waals surface area contributed by atoms with Crippen molar-refractivity contribution in [1.82, 2.24) is 9.13 Å². The van der Waals surface area contributed by atoms with E-state index in [2.05, 4.69) is 106 Å². The van der Waals surface area contributed by atoms with E-state index in [0.29, 0.717) is 23.7 Å². The van der Waals surface area contributed by atoms with Crippen molar-refractivity contribution in [2.45, 2.75) is 103 Å². The summed E-state index contributed by atoms with van der Waals surface area (Å²) in [4.78, 5) is 0. The van der Waals surface area contributed by atoms with Gasteiger partial charge in [-0.15, -0.1) is 0 Å². The van der Waals surface area contributed by atoms with Gasteiger partial charge in [-0.1, -0.05) is 77.0 Å². The van der Waals surface area contributed by atoms with Gasteiger partial charge in [-0.05, 0) is 169 Å². The van der Waals surface area contributed by atoms with Crippen LogP contribution in [0.4, 0.5) is 0 Å². The van der Waals surface area contributed by atoms with E-state index >= 15 is 0 Å². The van der Waals surface area contributed by atoms with Crippen LogP contribution in [0.5, 0.6) is 0 Å². The first-order chi connectivity index (χ1) is 25.7. The molecule has 12 rings (SSSR count). The Labute approximate surface area is 310 Å². The molecular formula is C50H52N2. The molecule has 4 fully saturated rings. The largest absolute Gasteiger partial charge is 0.309 e. The molecule has 262 valence electrons. The minimum Gasteiger partial charge on any atom is -0.309 e. The third kappa shape index (κ3) is 5.43. The summed E-state index contributed by atoms with van der Waals surface area (Å²) in [5.74, 6) is 2.63. The Morgan fingerprint density at radius 3 is 1.21 bits per heavy atom. The van der Waals surface area contributed by atoms with Gasteiger partial charge in [0, 0.05) is 33.6 Å². The first kappa shape index (κ1) is 31.2. The second-order valence-corrected chi connectivity index (χ2v) is 17.4. The van der Waals surface area contributed by atoms with Crippen molar-refractivity contribution in [1.29, 1.82) is 0 Å². The van der Waals surface area contributed by atoms with E-state index in [0.717, 1.165) is 0 Å². The van der Waals surface area contributed by atoms with Crippen molar-refractivity contribution < 1.29 is 0 Å². The van der Waals surface area contributed by atoms with Gasteiger partial charge >= 0.3 is 0 Å². The zero-order chi connectivity index (χ0) is 34.2. The molecule has 0 saturated heterocycles. The molecule has 9 aliphatic carbocycles. The maximum absolute atomic E-state index is 2.63. The summed E-state index contributed by atoms with van der Waals surface area (Å²) in [6.07, 6.45) is 50.9. The third-order valence-corrected chi connectivity index (χ3v) is 14.0. The monoisotopic (exact) mass is 680 g/mol. The molecule has 2 heteroatoms. The van der Waals surface area contributed by atoms with Crippen molar-refractivity contribution in [3.8, 4) is 11.4 Å². The lowest BCUT2D eigenvalue weighted by Crippen LogP contribution is -2.09. The van der Waals surface area contributed by atoms with E-state index in [1.54, 1.807) is 22.3 Å². The predicted molar refractivity (Wildman–Crippen MR) is 221 cm³/mol. The van der Waals surface area contributed by atoms with Gasteiger partial charge in [-0.25, -0.2) is 0 Å². The summed E-state index contributed by atoms with van der Waals surface area (Å²) in [7, 11) is 0. The average Bonchev–Trinajstić information content (AvgIpc) is 3.64. The number of aromatic nitrogens is 2. The number of nitrogens with zero attached hydrogens (tertiary/aromatic N) is 2. The van der Waals surface area contributed by atoms with Gasteiger partial charge < -0.3 is 9.13 Å². The highest BCUT2D eigenvalue weighted by Crippen LogP contribution is 2.45. The summed E-state index contributed by atoms with van der Waals surface area (Å²) in [5.41, 5.74) is 20.3. The first-order valence-corrected chi connectivity index (χ1v) is 20.9. The smallest absolute Gasteiger partial charge is 0.0537 e. The van der Waals surface area contributed by atoms with Crippen LogP contribution in [-0.4, -0.2) is 9.13 Å². The highest BCUT2D eigenvalue weighted by Gasteiger charge is 2.29. The second-order valence-electron chi connectivity index (χ2n) is 17.4. The summed E-state index contributed by atoms with van der Waals surface area (Å²) in [6, 6.07) is 9.56. The van der Waals surface area contributed by atoms with Gasteiger partial charge in [0.15, 0.2) is 0 Å². The first-order valence-electron chi connectivity index (χ1n) is 20.9. The summed E-state index contributed by atoms with van der Waals surface area (Å²) in [6.45, 7) is 0. The molecule has 9 aliphatic rings. The van der Waals surface area contributed by atoms with Gasteiger partial charge in [0.2, 0.25) is 0 Å². The van der Waals surface area contributed by atoms with Crippen LogP contribution in [0, 0.1) is 23.7 Å². The molecule has 3 aromatic rings. The molecule has 3 unspecified atom stereocenters. The Bertz CT molecular complexity index is 2150. The number of hydrogen-bond acceptors (Lipinski definition) is 0. The average molecular weight is 681 g/mol. The summed E-state index contributed by atoms with van der Waals surface area (Å²) < 4.78 is 5.25. The van der Waals surface area contributed by atoms with Gasteiger partial charge in [0.05, 0.1) is 22.8 Å². The fourth-order valence-electron chi connectivity index (χ4n) is 11.2. The Morgan fingerprint density at radius 2 is 0.788 bits per heavy atom. The van der Waals surface area contributed by atoms with Crippen LogP contribution in [0.2, 0.25) is 0 Å². The van der Waals surface area contributed by atoms with Crippen LogP contribution in [0.3, 0.4) is 0 Å². The molecule has 1 aromatic carbocycles. The maximum atomic E-state index is 2.63. The van der Waals surface area contributed by atoms with E-state index in [1.807, 2.05) is 0 Å². The van der Waals surface area contributed by atoms with E-state index in [-0.39, 0.29) is 0 Å². The van der Waals surface area contributed by atoms with Crippen molar-refractivity contribution in [2.24, 2.45) is 23.7 Å². The van der Waals surface area contributed by atoms with E-state index < -0.39 is 0 Å². The zero-order valence-corrected chi connectivity index (χ0v) is 30.8. The lowest BCUT2D eigenvalue weighted by atomic mass is 9.81. The number of allylic oxidation sites excluding steroid dienone is 8. The molecule has 8 bridgehead atoms. The van der Waals surface area contributed by atoms with E-state index in [9.17, 15) is 0 Å². The predicted octanol–water partition coefficient (Wildman–Crippen LogP) is 13.7. The normalized spacial score (nSPS) is 29.8. The SMILES string of the molecule is C1=CC2CCC/C(=C/c3c4c(n(-c5cccc(-n6c7c(c8c6/C=C\C6CCCC(=C8)C6)C=C6CCC(/C=C\7)CC6)c5)c31)/C=C\C1CCCC(=C4)C1)C2. The molecule has 0 amide bonds. The van der Waals surface area contributed by atoms with E-state index in [4.69, 9.17) is 0 Å². The van der Waals surface area contributed by atoms with Crippen molar-refractivity contribution in [3.05, 3.63) is 116 Å². The molecule has 4 saturated carbocycles. The number of rotatable bonds is 2. The molecule has 2 aromatic heterocycles. The Morgan fingerprint density at radius 1 is 0.404 bits per heavy atom. The fraction of sp³-hybridized carbons (Fsp3) is 0.400. The maximum Gasteiger partial charge on any atom is 0.0537 e. The topological polar surface area (TPSA) is 9.86 Å². The lowest BCUT2D eigenvalue weighted by Gasteiger charge is -2.24. The van der Waals surface area contributed by atoms with Crippen molar-refractivity contribution >= 4 is 48.6 Å². The van der Waals surface area contributed by atoms with Crippen LogP contribution >= 0.6 is 0 Å². The highest BCUT2D eigenvalue weighted by atomic mass is 15.0. The van der Waals surface area contributed by atoms with Gasteiger partial charge in [0.1, 0.15) is 0 Å². The standard InChI is InChI=1S/C50H52N2/c1-5-34-18-22-48-44(29-38(8-1)25-34)43-28-37-15-13-33(14-16-37)17-21-47(43)51(48)41-11-4-12-42(32-41)52-49-23-19-35-6-2-9-39(26-35)30-45(49)46-31-40-10-3-7-36(27-40)20-24-50(46)52/h4,11-12,17-24,28-36H,1-3,5-10,13-16,25-27H2/b21-17-,22-18-,23-19-,24-20?,37-28?,38-29?,39-30?,40-31-. The second kappa shape index (κ2) is 12.7. The zero-order valence-electron chi connectivity index (χ0n) is 30.8. The summed E-state index contributed by atoms with van der Waals surface area (Å²) in [5, 5.41) is 0. The molecule has 0 radical (unpaired) electrons. The number of fused-ring (bicyclic) bond motifs is 12. The number of hydrogen-bond donors (Lipinski definition) is 0. The minimum absolute atomic E-state index is 0.651. The molecule has 3 atom stereocenters. The fourth-order valence-corrected chi connectivity index (χ4v) is 11.2. The molecule has 2 nitrogen and oxygen atoms in total. The van der Waals surface area contributed by atoms with Crippen LogP contribution in [-0.2, 0) is 0 Å². The molecule has 0 N–H and O–H groups in total. The Balaban J connectivity index is 1.15. The minimum atomic E-state index is 0.651. The Hall–Kier alpha value is -4.30. The van der Waals surface area contributed by atoms with E-state index in [1.165, 1.54) is 159 Å². The van der Waals surface area contributed by atoms with Crippen LogP contribution in [0.25, 0.3) is 60.0 Å². The van der Waals surface area contributed by atoms with Crippen LogP contribution in [0.1, 0.15) is 148 Å². The lowest BCUT2D eigenvalue weighted by molar-refractivity contribution is 0.492. The molecule has 0 spiro atoms. The summed E-state index contributed by atoms with van der Waals surface area (Å²) >= 11 is 0. The molecular weight excluding hydrogens is 629 g/mol. The van der Waals surface area contributed by atoms with Crippen molar-refractivity contribution in [3.63, 3.8) is 0 Å². The van der Waals surface area contributed by atoms with Gasteiger partial charge in [-0.2, -0.15) is 0 Å². The van der Waals surface area contributed by atoms with Crippen molar-refractivity contribution in [2.75, 3.05) is 0 Å². The quantitative estimate of drug-likeness (QED) is 0.255. The van der Waals surface area contributed by atoms with Gasteiger partial charge in [0.25, 0.3) is 0 Å². The molecule has 0 aliphatic heterocycles. The molecule has 2 heterocycles. The highest BCUT2D eigenvalue weighted by molar-refractivity contribution is 5.85. The van der Waals surface area contributed by atoms with Crippen LogP contribution in [0.15, 0.2) is 70.9 Å².